The van der Waals surface area contributed by atoms with Crippen LogP contribution >= 0.6 is 0 Å². The fraction of sp³-hybridized carbons (Fsp3) is 0.167. The van der Waals surface area contributed by atoms with Crippen LogP contribution < -0.4 is 15.0 Å². The normalized spacial score (nSPS) is 12.3. The zero-order valence-corrected chi connectivity index (χ0v) is 12.5. The first-order valence-corrected chi connectivity index (χ1v) is 7.22. The molecule has 0 fully saturated rings. The topological polar surface area (TPSA) is 63.5 Å². The Hall–Kier alpha value is -2.97. The first-order chi connectivity index (χ1) is 11.3. The molecule has 1 aliphatic rings. The fourth-order valence-corrected chi connectivity index (χ4v) is 2.25. The fourth-order valence-electron chi connectivity index (χ4n) is 2.25. The predicted molar refractivity (Wildman–Crippen MR) is 85.5 cm³/mol. The van der Waals surface area contributed by atoms with Gasteiger partial charge in [0.1, 0.15) is 19.8 Å². The molecule has 23 heavy (non-hydrogen) atoms. The number of nitrogens with zero attached hydrogens (tertiary/aromatic N) is 1. The number of rotatable bonds is 5. The molecule has 5 heteroatoms. The minimum atomic E-state index is 0.271. The van der Waals surface area contributed by atoms with Crippen LogP contribution in [0.2, 0.25) is 0 Å². The highest BCUT2D eigenvalue weighted by Gasteiger charge is 2.12. The molecule has 0 unspecified atom stereocenters. The van der Waals surface area contributed by atoms with E-state index < -0.39 is 0 Å². The number of hydroxylamine groups is 1. The van der Waals surface area contributed by atoms with Crippen molar-refractivity contribution in [3.63, 3.8) is 0 Å². The molecule has 0 saturated heterocycles. The van der Waals surface area contributed by atoms with Crippen molar-refractivity contribution in [1.82, 2.24) is 5.48 Å². The van der Waals surface area contributed by atoms with Crippen LogP contribution in [-0.2, 0) is 11.4 Å². The summed E-state index contributed by atoms with van der Waals surface area (Å²) in [5.41, 5.74) is 5.68. The Balaban J connectivity index is 1.60. The van der Waals surface area contributed by atoms with Gasteiger partial charge in [0.05, 0.1) is 17.3 Å². The molecular weight excluding hydrogens is 292 g/mol. The number of fused-ring (bicyclic) bond motifs is 1. The average molecular weight is 308 g/mol. The number of hydrogen-bond donors (Lipinski definition) is 1. The maximum absolute atomic E-state index is 9.05. The Labute approximate surface area is 134 Å². The monoisotopic (exact) mass is 308 g/mol. The quantitative estimate of drug-likeness (QED) is 0.860. The Morgan fingerprint density at radius 2 is 1.96 bits per heavy atom. The minimum absolute atomic E-state index is 0.271. The van der Waals surface area contributed by atoms with Crippen LogP contribution in [0.3, 0.4) is 0 Å². The summed E-state index contributed by atoms with van der Waals surface area (Å²) in [4.78, 5) is 5.45. The molecule has 3 rings (SSSR count). The highest BCUT2D eigenvalue weighted by atomic mass is 16.6. The lowest BCUT2D eigenvalue weighted by Crippen LogP contribution is -2.16. The Bertz CT molecular complexity index is 765. The zero-order valence-electron chi connectivity index (χ0n) is 12.5. The summed E-state index contributed by atoms with van der Waals surface area (Å²) in [5, 5.41) is 9.05. The maximum atomic E-state index is 9.05. The van der Waals surface area contributed by atoms with Crippen molar-refractivity contribution in [3.8, 4) is 17.6 Å². The standard InChI is InChI=1S/C18H16N2O3/c1-13(14-6-7-17-18(10-14)22-9-8-21-17)20-23-12-16-5-3-2-4-15(16)11-19/h2-7,10,20H,1,8-9,12H2. The number of benzene rings is 2. The van der Waals surface area contributed by atoms with Gasteiger partial charge < -0.3 is 9.47 Å². The van der Waals surface area contributed by atoms with Crippen molar-refractivity contribution in [2.45, 2.75) is 6.61 Å². The van der Waals surface area contributed by atoms with Gasteiger partial charge in [0.2, 0.25) is 0 Å². The van der Waals surface area contributed by atoms with Gasteiger partial charge in [0.15, 0.2) is 11.5 Å². The lowest BCUT2D eigenvalue weighted by Gasteiger charge is -2.19. The van der Waals surface area contributed by atoms with Crippen LogP contribution in [0, 0.1) is 11.3 Å². The molecule has 2 aromatic rings. The van der Waals surface area contributed by atoms with Crippen molar-refractivity contribution < 1.29 is 14.3 Å². The largest absolute Gasteiger partial charge is 0.486 e. The summed E-state index contributed by atoms with van der Waals surface area (Å²) in [6, 6.07) is 15.0. The summed E-state index contributed by atoms with van der Waals surface area (Å²) in [7, 11) is 0. The molecule has 0 radical (unpaired) electrons. The third-order valence-corrected chi connectivity index (χ3v) is 3.45. The van der Waals surface area contributed by atoms with E-state index in [0.717, 1.165) is 16.9 Å². The van der Waals surface area contributed by atoms with Crippen LogP contribution in [0.1, 0.15) is 16.7 Å². The third-order valence-electron chi connectivity index (χ3n) is 3.45. The summed E-state index contributed by atoms with van der Waals surface area (Å²) in [6.07, 6.45) is 0. The van der Waals surface area contributed by atoms with Crippen molar-refractivity contribution >= 4 is 5.70 Å². The third kappa shape index (κ3) is 3.44. The molecule has 0 spiro atoms. The van der Waals surface area contributed by atoms with Gasteiger partial charge in [-0.05, 0) is 29.8 Å². The molecule has 0 aromatic heterocycles. The minimum Gasteiger partial charge on any atom is -0.486 e. The van der Waals surface area contributed by atoms with E-state index in [0.29, 0.717) is 30.2 Å². The van der Waals surface area contributed by atoms with Crippen molar-refractivity contribution in [2.24, 2.45) is 0 Å². The van der Waals surface area contributed by atoms with Crippen LogP contribution in [0.25, 0.3) is 5.70 Å². The van der Waals surface area contributed by atoms with E-state index in [1.165, 1.54) is 0 Å². The van der Waals surface area contributed by atoms with Crippen LogP contribution in [-0.4, -0.2) is 13.2 Å². The van der Waals surface area contributed by atoms with E-state index in [1.54, 1.807) is 6.07 Å². The zero-order chi connectivity index (χ0) is 16.1. The van der Waals surface area contributed by atoms with E-state index >= 15 is 0 Å². The molecule has 5 nitrogen and oxygen atoms in total. The van der Waals surface area contributed by atoms with Crippen LogP contribution in [0.4, 0.5) is 0 Å². The summed E-state index contributed by atoms with van der Waals surface area (Å²) in [6.45, 7) is 5.32. The van der Waals surface area contributed by atoms with E-state index in [1.807, 2.05) is 36.4 Å². The van der Waals surface area contributed by atoms with E-state index in [2.05, 4.69) is 18.1 Å². The SMILES string of the molecule is C=C(NOCc1ccccc1C#N)c1ccc2c(c1)OCCO2. The van der Waals surface area contributed by atoms with Crippen molar-refractivity contribution in [1.29, 1.82) is 5.26 Å². The molecule has 1 aliphatic heterocycles. The summed E-state index contributed by atoms with van der Waals surface area (Å²) in [5.74, 6) is 1.43. The second-order valence-electron chi connectivity index (χ2n) is 5.00. The first-order valence-electron chi connectivity index (χ1n) is 7.22. The van der Waals surface area contributed by atoms with Gasteiger partial charge in [0, 0.05) is 5.56 Å². The molecule has 2 aromatic carbocycles. The molecule has 0 amide bonds. The lowest BCUT2D eigenvalue weighted by atomic mass is 10.1. The van der Waals surface area contributed by atoms with Gasteiger partial charge in [0.25, 0.3) is 0 Å². The Kier molecular flexibility index (Phi) is 4.46. The van der Waals surface area contributed by atoms with Crippen LogP contribution in [0.5, 0.6) is 11.5 Å². The molecule has 0 atom stereocenters. The second kappa shape index (κ2) is 6.86. The van der Waals surface area contributed by atoms with E-state index in [-0.39, 0.29) is 6.61 Å². The van der Waals surface area contributed by atoms with E-state index in [9.17, 15) is 0 Å². The van der Waals surface area contributed by atoms with Crippen molar-refractivity contribution in [2.75, 3.05) is 13.2 Å². The molecule has 1 heterocycles. The predicted octanol–water partition coefficient (Wildman–Crippen LogP) is 3.02. The molecule has 0 bridgehead atoms. The second-order valence-corrected chi connectivity index (χ2v) is 5.00. The summed E-state index contributed by atoms with van der Waals surface area (Å²) < 4.78 is 11.0. The number of hydrogen-bond acceptors (Lipinski definition) is 5. The Morgan fingerprint density at radius 1 is 1.17 bits per heavy atom. The molecule has 116 valence electrons. The highest BCUT2D eigenvalue weighted by molar-refractivity contribution is 5.64. The molecule has 0 saturated carbocycles. The van der Waals surface area contributed by atoms with Gasteiger partial charge in [-0.1, -0.05) is 24.8 Å². The van der Waals surface area contributed by atoms with Crippen LogP contribution in [0.15, 0.2) is 49.0 Å². The number of ether oxygens (including phenoxy) is 2. The molecule has 1 N–H and O–H groups in total. The van der Waals surface area contributed by atoms with E-state index in [4.69, 9.17) is 19.6 Å². The first kappa shape index (κ1) is 14.9. The number of nitrogens with one attached hydrogen (secondary N) is 1. The smallest absolute Gasteiger partial charge is 0.162 e. The number of nitriles is 1. The highest BCUT2D eigenvalue weighted by Crippen LogP contribution is 2.32. The summed E-state index contributed by atoms with van der Waals surface area (Å²) >= 11 is 0. The lowest BCUT2D eigenvalue weighted by molar-refractivity contribution is 0.0646. The van der Waals surface area contributed by atoms with Gasteiger partial charge >= 0.3 is 0 Å². The van der Waals surface area contributed by atoms with Gasteiger partial charge in [-0.3, -0.25) is 10.3 Å². The van der Waals surface area contributed by atoms with Gasteiger partial charge in [-0.2, -0.15) is 5.26 Å². The maximum Gasteiger partial charge on any atom is 0.162 e. The molecule has 0 aliphatic carbocycles. The molecular formula is C18H16N2O3. The Morgan fingerprint density at radius 3 is 2.78 bits per heavy atom. The van der Waals surface area contributed by atoms with Gasteiger partial charge in [-0.25, -0.2) is 0 Å². The van der Waals surface area contributed by atoms with Crippen molar-refractivity contribution in [3.05, 3.63) is 65.7 Å². The van der Waals surface area contributed by atoms with Gasteiger partial charge in [-0.15, -0.1) is 0 Å². The average Bonchev–Trinajstić information content (AvgIpc) is 2.61.